The fraction of sp³-hybridized carbons (Fsp3) is 0.188. The number of thiophene rings is 1. The summed E-state index contributed by atoms with van der Waals surface area (Å²) in [5.74, 6) is 1.53. The van der Waals surface area contributed by atoms with Crippen LogP contribution >= 0.6 is 11.3 Å². The van der Waals surface area contributed by atoms with E-state index in [1.165, 1.54) is 4.88 Å². The first-order valence-corrected chi connectivity index (χ1v) is 7.78. The summed E-state index contributed by atoms with van der Waals surface area (Å²) in [5.41, 5.74) is 3.95. The van der Waals surface area contributed by atoms with Crippen LogP contribution in [0, 0.1) is 0 Å². The topological polar surface area (TPSA) is 59.4 Å². The largest absolute Gasteiger partial charge is 0.497 e. The summed E-state index contributed by atoms with van der Waals surface area (Å²) in [6.45, 7) is 2.13. The first-order chi connectivity index (χ1) is 10.8. The van der Waals surface area contributed by atoms with Crippen LogP contribution in [0.25, 0.3) is 10.2 Å². The van der Waals surface area contributed by atoms with Crippen molar-refractivity contribution >= 4 is 33.6 Å². The summed E-state index contributed by atoms with van der Waals surface area (Å²) < 4.78 is 5.19. The third kappa shape index (κ3) is 3.07. The second kappa shape index (κ2) is 6.53. The van der Waals surface area contributed by atoms with E-state index < -0.39 is 0 Å². The van der Waals surface area contributed by atoms with Crippen LogP contribution in [0.1, 0.15) is 17.4 Å². The molecule has 0 aliphatic carbocycles. The van der Waals surface area contributed by atoms with Crippen molar-refractivity contribution in [2.24, 2.45) is 5.10 Å². The molecule has 0 radical (unpaired) electrons. The number of ether oxygens (including phenoxy) is 1. The van der Waals surface area contributed by atoms with Crippen molar-refractivity contribution in [1.82, 2.24) is 9.97 Å². The molecule has 0 fully saturated rings. The van der Waals surface area contributed by atoms with E-state index in [0.717, 1.165) is 33.8 Å². The van der Waals surface area contributed by atoms with E-state index in [4.69, 9.17) is 4.74 Å². The average Bonchev–Trinajstić information content (AvgIpc) is 2.99. The number of nitrogens with one attached hydrogen (secondary N) is 1. The third-order valence-electron chi connectivity index (χ3n) is 3.21. The van der Waals surface area contributed by atoms with Crippen molar-refractivity contribution in [1.29, 1.82) is 0 Å². The van der Waals surface area contributed by atoms with Gasteiger partial charge in [0, 0.05) is 4.88 Å². The lowest BCUT2D eigenvalue weighted by Crippen LogP contribution is -1.94. The monoisotopic (exact) mass is 312 g/mol. The normalized spacial score (nSPS) is 11.2. The van der Waals surface area contributed by atoms with Crippen molar-refractivity contribution in [2.75, 3.05) is 12.5 Å². The zero-order chi connectivity index (χ0) is 15.4. The molecule has 112 valence electrons. The van der Waals surface area contributed by atoms with Crippen molar-refractivity contribution < 1.29 is 4.74 Å². The number of aromatic nitrogens is 2. The molecule has 0 aliphatic rings. The molecule has 0 aliphatic heterocycles. The fourth-order valence-corrected chi connectivity index (χ4v) is 2.99. The maximum absolute atomic E-state index is 5.19. The Bertz CT molecular complexity index is 813. The molecule has 3 rings (SSSR count). The number of rotatable bonds is 5. The van der Waals surface area contributed by atoms with Gasteiger partial charge in [-0.15, -0.1) is 11.3 Å². The Balaban J connectivity index is 1.81. The third-order valence-corrected chi connectivity index (χ3v) is 4.39. The van der Waals surface area contributed by atoms with Crippen LogP contribution < -0.4 is 10.2 Å². The van der Waals surface area contributed by atoms with E-state index in [0.29, 0.717) is 0 Å². The van der Waals surface area contributed by atoms with Crippen molar-refractivity contribution in [3.8, 4) is 5.75 Å². The summed E-state index contributed by atoms with van der Waals surface area (Å²) in [4.78, 5) is 10.8. The molecule has 0 unspecified atom stereocenters. The molecule has 0 spiro atoms. The first-order valence-electron chi connectivity index (χ1n) is 6.96. The van der Waals surface area contributed by atoms with Gasteiger partial charge < -0.3 is 4.74 Å². The van der Waals surface area contributed by atoms with Gasteiger partial charge in [0.15, 0.2) is 5.82 Å². The second-order valence-corrected chi connectivity index (χ2v) is 5.77. The molecule has 0 saturated heterocycles. The number of hydrogen-bond donors (Lipinski definition) is 1. The molecule has 0 amide bonds. The number of fused-ring (bicyclic) bond motifs is 1. The van der Waals surface area contributed by atoms with Crippen molar-refractivity contribution in [3.05, 3.63) is 47.1 Å². The predicted molar refractivity (Wildman–Crippen MR) is 91.0 cm³/mol. The summed E-state index contributed by atoms with van der Waals surface area (Å²) in [6, 6.07) is 9.82. The molecule has 1 N–H and O–H groups in total. The average molecular weight is 312 g/mol. The quantitative estimate of drug-likeness (QED) is 0.576. The molecule has 1 aromatic carbocycles. The van der Waals surface area contributed by atoms with E-state index in [2.05, 4.69) is 33.5 Å². The molecule has 6 heteroatoms. The van der Waals surface area contributed by atoms with Gasteiger partial charge in [0.1, 0.15) is 16.9 Å². The lowest BCUT2D eigenvalue weighted by atomic mass is 10.2. The molecular weight excluding hydrogens is 296 g/mol. The lowest BCUT2D eigenvalue weighted by Gasteiger charge is -2.01. The van der Waals surface area contributed by atoms with Crippen LogP contribution in [0.5, 0.6) is 5.75 Å². The number of aryl methyl sites for hydroxylation is 1. The highest BCUT2D eigenvalue weighted by atomic mass is 32.1. The fourth-order valence-electron chi connectivity index (χ4n) is 2.06. The zero-order valence-corrected chi connectivity index (χ0v) is 13.2. The van der Waals surface area contributed by atoms with Gasteiger partial charge in [0.25, 0.3) is 0 Å². The zero-order valence-electron chi connectivity index (χ0n) is 12.4. The van der Waals surface area contributed by atoms with Gasteiger partial charge in [-0.05, 0) is 30.2 Å². The summed E-state index contributed by atoms with van der Waals surface area (Å²) >= 11 is 1.69. The number of nitrogens with zero attached hydrogens (tertiary/aromatic N) is 3. The van der Waals surface area contributed by atoms with E-state index >= 15 is 0 Å². The molecular formula is C16H16N4OS. The van der Waals surface area contributed by atoms with E-state index in [-0.39, 0.29) is 0 Å². The molecule has 3 aromatic rings. The summed E-state index contributed by atoms with van der Waals surface area (Å²) in [6.07, 6.45) is 4.29. The Kier molecular flexibility index (Phi) is 4.29. The van der Waals surface area contributed by atoms with Gasteiger partial charge in [-0.25, -0.2) is 9.97 Å². The van der Waals surface area contributed by atoms with Gasteiger partial charge >= 0.3 is 0 Å². The number of methoxy groups -OCH3 is 1. The van der Waals surface area contributed by atoms with Crippen LogP contribution in [0.15, 0.2) is 41.8 Å². The molecule has 5 nitrogen and oxygen atoms in total. The van der Waals surface area contributed by atoms with E-state index in [9.17, 15) is 0 Å². The highest BCUT2D eigenvalue weighted by Crippen LogP contribution is 2.28. The van der Waals surface area contributed by atoms with Crippen LogP contribution in [0.3, 0.4) is 0 Å². The van der Waals surface area contributed by atoms with Crippen molar-refractivity contribution in [2.45, 2.75) is 13.3 Å². The lowest BCUT2D eigenvalue weighted by molar-refractivity contribution is 0.415. The Morgan fingerprint density at radius 2 is 2.23 bits per heavy atom. The molecule has 0 atom stereocenters. The summed E-state index contributed by atoms with van der Waals surface area (Å²) in [7, 11) is 1.65. The van der Waals surface area contributed by atoms with Gasteiger partial charge in [0.05, 0.1) is 18.7 Å². The number of anilines is 1. The van der Waals surface area contributed by atoms with Gasteiger partial charge in [-0.2, -0.15) is 5.10 Å². The van der Waals surface area contributed by atoms with Gasteiger partial charge in [0.2, 0.25) is 0 Å². The number of hydrogen-bond acceptors (Lipinski definition) is 6. The maximum atomic E-state index is 5.19. The van der Waals surface area contributed by atoms with Crippen LogP contribution in [-0.4, -0.2) is 23.3 Å². The molecule has 0 bridgehead atoms. The molecule has 2 heterocycles. The number of hydrazone groups is 1. The molecule has 2 aromatic heterocycles. The number of benzene rings is 1. The van der Waals surface area contributed by atoms with Crippen LogP contribution in [0.2, 0.25) is 0 Å². The maximum Gasteiger partial charge on any atom is 0.158 e. The van der Waals surface area contributed by atoms with Gasteiger partial charge in [-0.1, -0.05) is 19.1 Å². The van der Waals surface area contributed by atoms with Crippen LogP contribution in [-0.2, 0) is 6.42 Å². The molecule has 0 saturated carbocycles. The molecule has 22 heavy (non-hydrogen) atoms. The minimum absolute atomic E-state index is 0.722. The van der Waals surface area contributed by atoms with E-state index in [1.807, 2.05) is 24.3 Å². The first kappa shape index (κ1) is 14.5. The van der Waals surface area contributed by atoms with E-state index in [1.54, 1.807) is 31.0 Å². The highest BCUT2D eigenvalue weighted by molar-refractivity contribution is 7.18. The Labute approximate surface area is 132 Å². The minimum Gasteiger partial charge on any atom is -0.497 e. The Hall–Kier alpha value is -2.47. The minimum atomic E-state index is 0.722. The Morgan fingerprint density at radius 3 is 3.05 bits per heavy atom. The Morgan fingerprint density at radius 1 is 1.32 bits per heavy atom. The SMILES string of the molecule is CCc1cc2c(N/N=C\c3cccc(OC)c3)ncnc2s1. The van der Waals surface area contributed by atoms with Crippen LogP contribution in [0.4, 0.5) is 5.82 Å². The predicted octanol–water partition coefficient (Wildman–Crippen LogP) is 3.71. The second-order valence-electron chi connectivity index (χ2n) is 4.65. The summed E-state index contributed by atoms with van der Waals surface area (Å²) in [5, 5.41) is 5.26. The highest BCUT2D eigenvalue weighted by Gasteiger charge is 2.06. The smallest absolute Gasteiger partial charge is 0.158 e. The standard InChI is InChI=1S/C16H16N4OS/c1-3-13-8-14-15(17-10-18-16(14)22-13)20-19-9-11-5-4-6-12(7-11)21-2/h4-10H,3H2,1-2H3,(H,17,18,20)/b19-9-. The van der Waals surface area contributed by atoms with Crippen molar-refractivity contribution in [3.63, 3.8) is 0 Å². The van der Waals surface area contributed by atoms with Gasteiger partial charge in [-0.3, -0.25) is 5.43 Å².